The summed E-state index contributed by atoms with van der Waals surface area (Å²) in [6.45, 7) is 0. The van der Waals surface area contributed by atoms with Crippen molar-refractivity contribution < 1.29 is 8.83 Å². The van der Waals surface area contributed by atoms with Crippen molar-refractivity contribution in [2.24, 2.45) is 0 Å². The standard InChI is InChI=1S/C45H30N2O.C24H19N.C21H12ClNO/c1-4-10-31(11-5-1)33-18-24-38(25-19-33)47(39-26-20-34(21-27-39)32-12-6-2-7-13-32)40-28-22-35-16-17-36-23-29-42-44(43(36)41(35)30-40)48-45(46-42)37-14-8-3-9-15-37;1-3-7-19(8-4-1)21-11-15-23(16-12-21)25-24-17-13-22(14-18-24)20-9-5-2-6-10-20;22-16-10-8-13-6-7-14-9-11-18-20(19(14)17(13)12-16)24-21(23-18)15-4-2-1-3-5-15/h1-30H;1-18,25H;1-12H. The van der Waals surface area contributed by atoms with Gasteiger partial charge in [0.2, 0.25) is 11.8 Å². The van der Waals surface area contributed by atoms with Crippen LogP contribution >= 0.6 is 11.6 Å². The van der Waals surface area contributed by atoms with E-state index in [-0.39, 0.29) is 0 Å². The fourth-order valence-corrected chi connectivity index (χ4v) is 13.0. The fourth-order valence-electron chi connectivity index (χ4n) is 12.8. The van der Waals surface area contributed by atoms with Crippen molar-refractivity contribution in [1.29, 1.82) is 0 Å². The second-order valence-corrected chi connectivity index (χ2v) is 24.3. The van der Waals surface area contributed by atoms with Gasteiger partial charge < -0.3 is 19.1 Å². The molecule has 0 aliphatic heterocycles. The number of rotatable bonds is 11. The van der Waals surface area contributed by atoms with Gasteiger partial charge in [0.25, 0.3) is 0 Å². The van der Waals surface area contributed by atoms with E-state index in [1.807, 2.05) is 97.1 Å². The van der Waals surface area contributed by atoms with Gasteiger partial charge in [-0.15, -0.1) is 0 Å². The Morgan fingerprint density at radius 3 is 0.928 bits per heavy atom. The van der Waals surface area contributed by atoms with Gasteiger partial charge in [0.15, 0.2) is 11.2 Å². The molecule has 2 aromatic heterocycles. The minimum Gasteiger partial charge on any atom is -0.435 e. The molecule has 7 heteroatoms. The third-order valence-electron chi connectivity index (χ3n) is 17.7. The maximum absolute atomic E-state index is 6.53. The molecule has 97 heavy (non-hydrogen) atoms. The molecular weight excluding hydrogens is 1200 g/mol. The van der Waals surface area contributed by atoms with Crippen LogP contribution < -0.4 is 10.2 Å². The molecule has 6 nitrogen and oxygen atoms in total. The predicted molar refractivity (Wildman–Crippen MR) is 407 cm³/mol. The van der Waals surface area contributed by atoms with Crippen LogP contribution in [0.15, 0.2) is 373 Å². The number of benzene rings is 16. The number of oxazole rings is 2. The van der Waals surface area contributed by atoms with E-state index in [2.05, 4.69) is 282 Å². The van der Waals surface area contributed by atoms with E-state index in [1.165, 1.54) is 44.5 Å². The van der Waals surface area contributed by atoms with E-state index in [0.717, 1.165) is 110 Å². The lowest BCUT2D eigenvalue weighted by Gasteiger charge is -2.26. The van der Waals surface area contributed by atoms with Gasteiger partial charge in [-0.1, -0.05) is 266 Å². The van der Waals surface area contributed by atoms with Crippen LogP contribution in [0.1, 0.15) is 0 Å². The monoisotopic (exact) mass is 1260 g/mol. The maximum atomic E-state index is 6.53. The highest BCUT2D eigenvalue weighted by molar-refractivity contribution is 6.32. The molecule has 0 atom stereocenters. The Morgan fingerprint density at radius 2 is 0.546 bits per heavy atom. The molecule has 0 saturated carbocycles. The molecule has 0 fully saturated rings. The van der Waals surface area contributed by atoms with Gasteiger partial charge in [0.1, 0.15) is 11.0 Å². The van der Waals surface area contributed by atoms with E-state index in [4.69, 9.17) is 25.4 Å². The van der Waals surface area contributed by atoms with Crippen LogP contribution in [-0.2, 0) is 0 Å². The molecule has 2 heterocycles. The average molecular weight is 1270 g/mol. The molecular formula is C90H61ClN4O2. The van der Waals surface area contributed by atoms with Gasteiger partial charge in [-0.2, -0.15) is 0 Å². The molecule has 16 aromatic carbocycles. The third kappa shape index (κ3) is 12.6. The van der Waals surface area contributed by atoms with Gasteiger partial charge in [-0.3, -0.25) is 0 Å². The summed E-state index contributed by atoms with van der Waals surface area (Å²) in [6.07, 6.45) is 0. The van der Waals surface area contributed by atoms with Crippen LogP contribution in [0, 0.1) is 0 Å². The van der Waals surface area contributed by atoms with E-state index >= 15 is 0 Å². The molecule has 0 unspecified atom stereocenters. The summed E-state index contributed by atoms with van der Waals surface area (Å²) in [5, 5.41) is 13.0. The van der Waals surface area contributed by atoms with Crippen LogP contribution in [-0.4, -0.2) is 9.97 Å². The van der Waals surface area contributed by atoms with Crippen LogP contribution in [0.25, 0.3) is 133 Å². The van der Waals surface area contributed by atoms with Crippen molar-refractivity contribution in [2.45, 2.75) is 0 Å². The van der Waals surface area contributed by atoms with Crippen LogP contribution in [0.2, 0.25) is 5.02 Å². The largest absolute Gasteiger partial charge is 0.435 e. The molecule has 0 amide bonds. The first-order valence-corrected chi connectivity index (χ1v) is 32.8. The molecule has 460 valence electrons. The van der Waals surface area contributed by atoms with Crippen LogP contribution in [0.4, 0.5) is 28.4 Å². The number of nitrogens with one attached hydrogen (secondary N) is 1. The summed E-state index contributed by atoms with van der Waals surface area (Å²) in [6, 6.07) is 126. The third-order valence-corrected chi connectivity index (χ3v) is 17.9. The summed E-state index contributed by atoms with van der Waals surface area (Å²) in [4.78, 5) is 11.9. The van der Waals surface area contributed by atoms with Crippen LogP contribution in [0.3, 0.4) is 0 Å². The Hall–Kier alpha value is -12.6. The van der Waals surface area contributed by atoms with Gasteiger partial charge in [0.05, 0.1) is 0 Å². The van der Waals surface area contributed by atoms with Crippen molar-refractivity contribution >= 4 is 105 Å². The number of halogens is 1. The second kappa shape index (κ2) is 26.8. The van der Waals surface area contributed by atoms with Gasteiger partial charge in [-0.05, 0) is 186 Å². The van der Waals surface area contributed by atoms with Crippen molar-refractivity contribution in [3.8, 4) is 67.4 Å². The molecule has 18 rings (SSSR count). The van der Waals surface area contributed by atoms with Crippen molar-refractivity contribution in [1.82, 2.24) is 9.97 Å². The molecule has 1 N–H and O–H groups in total. The molecule has 0 radical (unpaired) electrons. The van der Waals surface area contributed by atoms with Gasteiger partial charge in [-0.25, -0.2) is 9.97 Å². The summed E-state index contributed by atoms with van der Waals surface area (Å²) >= 11 is 6.23. The first-order valence-electron chi connectivity index (χ1n) is 32.4. The summed E-state index contributed by atoms with van der Waals surface area (Å²) in [5.41, 5.74) is 20.4. The van der Waals surface area contributed by atoms with E-state index < -0.39 is 0 Å². The zero-order valence-electron chi connectivity index (χ0n) is 52.7. The zero-order valence-corrected chi connectivity index (χ0v) is 53.4. The Kier molecular flexibility index (Phi) is 16.4. The molecule has 0 bridgehead atoms. The van der Waals surface area contributed by atoms with Gasteiger partial charge >= 0.3 is 0 Å². The lowest BCUT2D eigenvalue weighted by molar-refractivity contribution is 0.623. The normalized spacial score (nSPS) is 11.1. The molecule has 18 aromatic rings. The van der Waals surface area contributed by atoms with E-state index in [0.29, 0.717) is 11.8 Å². The molecule has 0 aliphatic rings. The maximum Gasteiger partial charge on any atom is 0.227 e. The Balaban J connectivity index is 0.000000126. The average Bonchev–Trinajstić information content (AvgIpc) is 1.74. The highest BCUT2D eigenvalue weighted by atomic mass is 35.5. The number of aromatic nitrogens is 2. The van der Waals surface area contributed by atoms with Gasteiger partial charge in [0, 0.05) is 55.4 Å². The topological polar surface area (TPSA) is 67.3 Å². The fraction of sp³-hybridized carbons (Fsp3) is 0. The first-order chi connectivity index (χ1) is 48.0. The summed E-state index contributed by atoms with van der Waals surface area (Å²) in [7, 11) is 0. The number of anilines is 5. The predicted octanol–water partition coefficient (Wildman–Crippen LogP) is 25.8. The number of nitrogens with zero attached hydrogens (tertiary/aromatic N) is 3. The second-order valence-electron chi connectivity index (χ2n) is 23.9. The minimum absolute atomic E-state index is 0.630. The zero-order chi connectivity index (χ0) is 64.9. The Labute approximate surface area is 567 Å². The Bertz CT molecular complexity index is 5570. The van der Waals surface area contributed by atoms with E-state index in [1.54, 1.807) is 0 Å². The lowest BCUT2D eigenvalue weighted by Crippen LogP contribution is -2.09. The SMILES string of the molecule is Clc1ccc2ccc3ccc4nc(-c5ccccc5)oc4c3c2c1.c1ccc(-c2ccc(N(c3ccc(-c4ccccc4)cc3)c3ccc4ccc5ccc6nc(-c7ccccc7)oc6c5c4c3)cc2)cc1.c1ccc(-c2ccc(Nc3ccc(-c4ccccc4)cc3)cc2)cc1. The summed E-state index contributed by atoms with van der Waals surface area (Å²) < 4.78 is 12.7. The highest BCUT2D eigenvalue weighted by Crippen LogP contribution is 2.42. The number of hydrogen-bond donors (Lipinski definition) is 1. The van der Waals surface area contributed by atoms with Crippen molar-refractivity contribution in [3.63, 3.8) is 0 Å². The number of fused-ring (bicyclic) bond motifs is 10. The smallest absolute Gasteiger partial charge is 0.227 e. The molecule has 0 spiro atoms. The quantitative estimate of drug-likeness (QED) is 0.130. The Morgan fingerprint density at radius 1 is 0.258 bits per heavy atom. The number of hydrogen-bond acceptors (Lipinski definition) is 6. The van der Waals surface area contributed by atoms with Crippen molar-refractivity contribution in [2.75, 3.05) is 10.2 Å². The molecule has 0 saturated heterocycles. The highest BCUT2D eigenvalue weighted by Gasteiger charge is 2.19. The minimum atomic E-state index is 0.630. The molecule has 0 aliphatic carbocycles. The first kappa shape index (κ1) is 59.4. The lowest BCUT2D eigenvalue weighted by atomic mass is 9.99. The summed E-state index contributed by atoms with van der Waals surface area (Å²) in [5.74, 6) is 1.27. The van der Waals surface area contributed by atoms with Crippen LogP contribution in [0.5, 0.6) is 0 Å². The van der Waals surface area contributed by atoms with Crippen molar-refractivity contribution in [3.05, 3.63) is 369 Å². The van der Waals surface area contributed by atoms with E-state index in [9.17, 15) is 0 Å².